The van der Waals surface area contributed by atoms with E-state index in [4.69, 9.17) is 23.2 Å². The molecule has 2 unspecified atom stereocenters. The summed E-state index contributed by atoms with van der Waals surface area (Å²) in [7, 11) is 2.28. The van der Waals surface area contributed by atoms with E-state index in [1.165, 1.54) is 24.0 Å². The number of hydrogen-bond donors (Lipinski definition) is 0. The number of likely N-dealkylation sites (tertiary alicyclic amines) is 1. The van der Waals surface area contributed by atoms with Gasteiger partial charge in [-0.15, -0.1) is 0 Å². The summed E-state index contributed by atoms with van der Waals surface area (Å²) in [5, 5.41) is 1.57. The zero-order chi connectivity index (χ0) is 16.7. The average molecular weight is 361 g/mol. The van der Waals surface area contributed by atoms with Crippen LogP contribution in [-0.2, 0) is 0 Å². The number of halogens is 2. The van der Waals surface area contributed by atoms with Crippen molar-refractivity contribution < 1.29 is 0 Å². The van der Waals surface area contributed by atoms with Gasteiger partial charge in [-0.2, -0.15) is 0 Å². The minimum atomic E-state index is 0.260. The highest BCUT2D eigenvalue weighted by Crippen LogP contribution is 2.37. The summed E-state index contributed by atoms with van der Waals surface area (Å²) in [6.45, 7) is 2.23. The van der Waals surface area contributed by atoms with E-state index >= 15 is 0 Å². The van der Waals surface area contributed by atoms with Gasteiger partial charge in [-0.05, 0) is 55.3 Å². The SMILES string of the molecule is CN1C2CCC1CN(C(c1ccc(Cl)cc1)c1ccc(Cl)cc1)C2. The van der Waals surface area contributed by atoms with Crippen molar-refractivity contribution in [2.75, 3.05) is 20.1 Å². The molecule has 2 aliphatic rings. The molecule has 0 aliphatic carbocycles. The third kappa shape index (κ3) is 3.09. The Balaban J connectivity index is 1.70. The third-order valence-electron chi connectivity index (χ3n) is 5.61. The molecule has 0 N–H and O–H groups in total. The molecule has 24 heavy (non-hydrogen) atoms. The number of likely N-dealkylation sites (N-methyl/N-ethyl adjacent to an activating group) is 1. The van der Waals surface area contributed by atoms with Crippen LogP contribution in [0.1, 0.15) is 30.0 Å². The molecule has 0 aromatic heterocycles. The Morgan fingerprint density at radius 2 is 1.21 bits per heavy atom. The second-order valence-electron chi connectivity index (χ2n) is 7.01. The highest BCUT2D eigenvalue weighted by atomic mass is 35.5. The lowest BCUT2D eigenvalue weighted by atomic mass is 9.95. The molecule has 4 rings (SSSR count). The Morgan fingerprint density at radius 1 is 0.792 bits per heavy atom. The van der Waals surface area contributed by atoms with Crippen molar-refractivity contribution in [2.45, 2.75) is 31.0 Å². The molecule has 2 aromatic carbocycles. The predicted octanol–water partition coefficient (Wildman–Crippen LogP) is 4.86. The Morgan fingerprint density at radius 3 is 1.62 bits per heavy atom. The minimum absolute atomic E-state index is 0.260. The number of hydrogen-bond acceptors (Lipinski definition) is 2. The fourth-order valence-electron chi connectivity index (χ4n) is 4.26. The Bertz CT molecular complexity index is 639. The first kappa shape index (κ1) is 16.4. The third-order valence-corrected chi connectivity index (χ3v) is 6.12. The molecule has 0 saturated carbocycles. The Kier molecular flexibility index (Phi) is 4.57. The molecule has 0 amide bonds. The van der Waals surface area contributed by atoms with Crippen LogP contribution in [0, 0.1) is 0 Å². The summed E-state index contributed by atoms with van der Waals surface area (Å²) in [5.41, 5.74) is 2.59. The van der Waals surface area contributed by atoms with Gasteiger partial charge in [0, 0.05) is 35.2 Å². The van der Waals surface area contributed by atoms with Crippen molar-refractivity contribution in [1.29, 1.82) is 0 Å². The van der Waals surface area contributed by atoms with E-state index in [-0.39, 0.29) is 6.04 Å². The molecule has 2 aromatic rings. The molecule has 2 heterocycles. The lowest BCUT2D eigenvalue weighted by Crippen LogP contribution is -2.52. The first-order chi connectivity index (χ1) is 11.6. The van der Waals surface area contributed by atoms with Gasteiger partial charge in [0.1, 0.15) is 0 Å². The maximum atomic E-state index is 6.11. The summed E-state index contributed by atoms with van der Waals surface area (Å²) in [6, 6.07) is 18.2. The Hall–Kier alpha value is -1.06. The number of benzene rings is 2. The minimum Gasteiger partial charge on any atom is -0.298 e. The van der Waals surface area contributed by atoms with Crippen LogP contribution in [0.25, 0.3) is 0 Å². The molecule has 0 radical (unpaired) electrons. The second-order valence-corrected chi connectivity index (χ2v) is 7.88. The first-order valence-corrected chi connectivity index (χ1v) is 9.34. The number of fused-ring (bicyclic) bond motifs is 2. The van der Waals surface area contributed by atoms with Crippen molar-refractivity contribution in [2.24, 2.45) is 0 Å². The van der Waals surface area contributed by atoms with Gasteiger partial charge >= 0.3 is 0 Å². The smallest absolute Gasteiger partial charge is 0.0602 e. The normalized spacial score (nSPS) is 24.7. The zero-order valence-corrected chi connectivity index (χ0v) is 15.3. The van der Waals surface area contributed by atoms with Crippen molar-refractivity contribution in [1.82, 2.24) is 9.80 Å². The van der Waals surface area contributed by atoms with Gasteiger partial charge in [-0.1, -0.05) is 47.5 Å². The van der Waals surface area contributed by atoms with E-state index < -0.39 is 0 Å². The molecule has 2 saturated heterocycles. The predicted molar refractivity (Wildman–Crippen MR) is 101 cm³/mol. The molecule has 0 spiro atoms. The quantitative estimate of drug-likeness (QED) is 0.770. The standard InChI is InChI=1S/C20H22Cl2N2/c1-23-18-10-11-19(23)13-24(12-18)20(14-2-6-16(21)7-3-14)15-4-8-17(22)9-5-15/h2-9,18-20H,10-13H2,1H3. The van der Waals surface area contributed by atoms with Gasteiger partial charge in [0.25, 0.3) is 0 Å². The lowest BCUT2D eigenvalue weighted by molar-refractivity contribution is 0.0687. The zero-order valence-electron chi connectivity index (χ0n) is 13.8. The largest absolute Gasteiger partial charge is 0.298 e. The average Bonchev–Trinajstić information content (AvgIpc) is 2.80. The van der Waals surface area contributed by atoms with Crippen LogP contribution in [0.3, 0.4) is 0 Å². The van der Waals surface area contributed by atoms with E-state index in [9.17, 15) is 0 Å². The molecule has 126 valence electrons. The monoisotopic (exact) mass is 360 g/mol. The van der Waals surface area contributed by atoms with Crippen LogP contribution in [0.2, 0.25) is 10.0 Å². The maximum Gasteiger partial charge on any atom is 0.0602 e. The van der Waals surface area contributed by atoms with Crippen LogP contribution in [-0.4, -0.2) is 42.0 Å². The molecule has 2 atom stereocenters. The highest BCUT2D eigenvalue weighted by Gasteiger charge is 2.40. The van der Waals surface area contributed by atoms with Crippen molar-refractivity contribution in [3.05, 3.63) is 69.7 Å². The fourth-order valence-corrected chi connectivity index (χ4v) is 4.51. The Labute approximate surface area is 154 Å². The van der Waals surface area contributed by atoms with Crippen LogP contribution in [0.4, 0.5) is 0 Å². The molecule has 2 nitrogen and oxygen atoms in total. The molecular formula is C20H22Cl2N2. The van der Waals surface area contributed by atoms with Gasteiger partial charge in [0.15, 0.2) is 0 Å². The number of nitrogens with zero attached hydrogens (tertiary/aromatic N) is 2. The van der Waals surface area contributed by atoms with E-state index in [1.54, 1.807) is 0 Å². The molecular weight excluding hydrogens is 339 g/mol. The summed E-state index contributed by atoms with van der Waals surface area (Å²) in [6.07, 6.45) is 2.62. The topological polar surface area (TPSA) is 6.48 Å². The van der Waals surface area contributed by atoms with Gasteiger partial charge in [-0.25, -0.2) is 0 Å². The first-order valence-electron chi connectivity index (χ1n) is 8.59. The summed E-state index contributed by atoms with van der Waals surface area (Å²) < 4.78 is 0. The van der Waals surface area contributed by atoms with Crippen LogP contribution >= 0.6 is 23.2 Å². The maximum absolute atomic E-state index is 6.11. The lowest BCUT2D eigenvalue weighted by Gasteiger charge is -2.43. The second kappa shape index (κ2) is 6.68. The highest BCUT2D eigenvalue weighted by molar-refractivity contribution is 6.30. The van der Waals surface area contributed by atoms with Crippen molar-refractivity contribution in [3.63, 3.8) is 0 Å². The van der Waals surface area contributed by atoms with Crippen molar-refractivity contribution >= 4 is 23.2 Å². The van der Waals surface area contributed by atoms with Crippen LogP contribution in [0.5, 0.6) is 0 Å². The summed E-state index contributed by atoms with van der Waals surface area (Å²) in [5.74, 6) is 0. The van der Waals surface area contributed by atoms with E-state index in [0.717, 1.165) is 23.1 Å². The van der Waals surface area contributed by atoms with Crippen LogP contribution < -0.4 is 0 Å². The van der Waals surface area contributed by atoms with Gasteiger partial charge < -0.3 is 0 Å². The summed E-state index contributed by atoms with van der Waals surface area (Å²) >= 11 is 12.2. The van der Waals surface area contributed by atoms with E-state index in [1.807, 2.05) is 24.3 Å². The number of rotatable bonds is 3. The van der Waals surface area contributed by atoms with Gasteiger partial charge in [0.2, 0.25) is 0 Å². The van der Waals surface area contributed by atoms with E-state index in [2.05, 4.69) is 41.1 Å². The van der Waals surface area contributed by atoms with E-state index in [0.29, 0.717) is 12.1 Å². The fraction of sp³-hybridized carbons (Fsp3) is 0.400. The van der Waals surface area contributed by atoms with Crippen molar-refractivity contribution in [3.8, 4) is 0 Å². The molecule has 2 aliphatic heterocycles. The number of piperazine rings is 1. The molecule has 4 heteroatoms. The molecule has 2 bridgehead atoms. The van der Waals surface area contributed by atoms with Crippen LogP contribution in [0.15, 0.2) is 48.5 Å². The van der Waals surface area contributed by atoms with Gasteiger partial charge in [0.05, 0.1) is 6.04 Å². The van der Waals surface area contributed by atoms with Gasteiger partial charge in [-0.3, -0.25) is 9.80 Å². The summed E-state index contributed by atoms with van der Waals surface area (Å²) in [4.78, 5) is 5.20. The molecule has 2 fully saturated rings.